The van der Waals surface area contributed by atoms with Crippen molar-refractivity contribution in [3.8, 4) is 0 Å². The van der Waals surface area contributed by atoms with Gasteiger partial charge in [0.25, 0.3) is 0 Å². The molecule has 13 fully saturated rings. The Kier molecular flexibility index (Phi) is 24.5. The zero-order valence-electron chi connectivity index (χ0n) is 56.7. The second kappa shape index (κ2) is 32.9. The summed E-state index contributed by atoms with van der Waals surface area (Å²) in [7, 11) is 0. The highest BCUT2D eigenvalue weighted by Crippen LogP contribution is 2.49. The first-order valence-corrected chi connectivity index (χ1v) is 41.1. The van der Waals surface area contributed by atoms with Gasteiger partial charge in [-0.1, -0.05) is 140 Å². The van der Waals surface area contributed by atoms with Crippen LogP contribution in [0.5, 0.6) is 0 Å². The fourth-order valence-corrected chi connectivity index (χ4v) is 24.7. The summed E-state index contributed by atoms with van der Waals surface area (Å²) in [4.78, 5) is 13.3. The van der Waals surface area contributed by atoms with Crippen molar-refractivity contribution in [3.63, 3.8) is 0 Å². The molecule has 0 atom stereocenters. The Balaban J connectivity index is 0.579. The molecule has 0 radical (unpaired) electrons. The van der Waals surface area contributed by atoms with Gasteiger partial charge < -0.3 is 0 Å². The van der Waals surface area contributed by atoms with Gasteiger partial charge in [0.15, 0.2) is 0 Å². The molecule has 13 saturated carbocycles. The van der Waals surface area contributed by atoms with E-state index in [0.29, 0.717) is 0 Å². The molecule has 0 saturated heterocycles. The molecule has 13 rings (SSSR count). The fraction of sp³-hybridized carbons (Fsp3) is 0.951. The minimum absolute atomic E-state index is 0.869. The molecule has 4 heteroatoms. The van der Waals surface area contributed by atoms with Crippen LogP contribution in [0.2, 0.25) is 0 Å². The molecule has 0 bridgehead atoms. The van der Waals surface area contributed by atoms with Crippen molar-refractivity contribution in [2.75, 3.05) is 0 Å². The molecule has 0 aliphatic heterocycles. The largest absolute Gasteiger partial charge is 0.294 e. The Labute approximate surface area is 533 Å². The van der Waals surface area contributed by atoms with Crippen LogP contribution in [0, 0.1) is 47.3 Å². The van der Waals surface area contributed by atoms with Crippen molar-refractivity contribution < 1.29 is 0 Å². The van der Waals surface area contributed by atoms with Crippen molar-refractivity contribution in [1.29, 1.82) is 0 Å². The fourth-order valence-electron chi connectivity index (χ4n) is 24.7. The minimum atomic E-state index is 0.869. The number of nitrogens with zero attached hydrogens (tertiary/aromatic N) is 4. The lowest BCUT2D eigenvalue weighted by Crippen LogP contribution is -2.56. The average molecular weight is 1180 g/mol. The van der Waals surface area contributed by atoms with E-state index in [0.717, 1.165) is 120 Å². The molecule has 0 spiro atoms. The topological polar surface area (TPSA) is 13.0 Å². The number of hydrogen-bond acceptors (Lipinski definition) is 4. The minimum Gasteiger partial charge on any atom is -0.294 e. The van der Waals surface area contributed by atoms with Crippen LogP contribution < -0.4 is 0 Å². The van der Waals surface area contributed by atoms with Crippen molar-refractivity contribution in [3.05, 3.63) is 24.3 Å². The van der Waals surface area contributed by atoms with E-state index in [1.807, 2.05) is 0 Å². The van der Waals surface area contributed by atoms with Crippen LogP contribution in [-0.2, 0) is 0 Å². The van der Waals surface area contributed by atoms with Crippen LogP contribution in [0.3, 0.4) is 0 Å². The first-order chi connectivity index (χ1) is 42.6. The molecule has 0 heterocycles. The van der Waals surface area contributed by atoms with Gasteiger partial charge in [-0.2, -0.15) is 0 Å². The molecular weight excluding hydrogens is 1040 g/mol. The van der Waals surface area contributed by atoms with Gasteiger partial charge in [-0.25, -0.2) is 0 Å². The van der Waals surface area contributed by atoms with Crippen molar-refractivity contribution in [1.82, 2.24) is 19.6 Å². The summed E-state index contributed by atoms with van der Waals surface area (Å²) in [6, 6.07) is 10.6. The Morgan fingerprint density at radius 1 is 0.128 bits per heavy atom. The Hall–Kier alpha value is -0.680. The van der Waals surface area contributed by atoms with Crippen molar-refractivity contribution in [2.24, 2.45) is 47.3 Å². The second-order valence-electron chi connectivity index (χ2n) is 34.4. The summed E-state index contributed by atoms with van der Waals surface area (Å²) >= 11 is 0. The van der Waals surface area contributed by atoms with E-state index in [-0.39, 0.29) is 0 Å². The molecule has 0 N–H and O–H groups in total. The van der Waals surface area contributed by atoms with Crippen LogP contribution in [0.25, 0.3) is 0 Å². The van der Waals surface area contributed by atoms with Crippen LogP contribution in [0.1, 0.15) is 372 Å². The van der Waals surface area contributed by atoms with Crippen LogP contribution in [-0.4, -0.2) is 92.1 Å². The van der Waals surface area contributed by atoms with Gasteiger partial charge in [-0.15, -0.1) is 0 Å². The van der Waals surface area contributed by atoms with Gasteiger partial charge in [0.1, 0.15) is 0 Å². The predicted octanol–water partition coefficient (Wildman–Crippen LogP) is 22.5. The van der Waals surface area contributed by atoms with E-state index in [4.69, 9.17) is 0 Å². The molecule has 13 aliphatic carbocycles. The predicted molar refractivity (Wildman–Crippen MR) is 367 cm³/mol. The standard InChI is InChI=1S/C82H140N4/c1-7-19-63(20-8-1)31-33-65-35-47-75(48-36-65)83(71-23-11-3-12-24-71)77-51-39-67(40-52-77)69-43-55-79(56-44-69)85(73-27-15-5-16-28-73)81-59-61-82(62-60-81)86(74-29-17-6-18-30-74)80-57-45-70(46-58-80)68-41-53-78(54-42-68)84(72-25-13-4-14-26-72)76-49-37-66(38-50-76)34-32-64-21-9-2-10-22-64/h31-34,63-82H,1-30,35-62H2. The first-order valence-electron chi connectivity index (χ1n) is 41.1. The molecular formula is C82H140N4. The summed E-state index contributed by atoms with van der Waals surface area (Å²) in [5, 5.41) is 0. The molecule has 0 aromatic rings. The molecule has 0 unspecified atom stereocenters. The first kappa shape index (κ1) is 64.0. The number of rotatable bonds is 18. The molecule has 0 aromatic heterocycles. The van der Waals surface area contributed by atoms with Crippen LogP contribution in [0.15, 0.2) is 24.3 Å². The summed E-state index contributed by atoms with van der Waals surface area (Å²) in [5.41, 5.74) is 0. The van der Waals surface area contributed by atoms with Gasteiger partial charge >= 0.3 is 0 Å². The summed E-state index contributed by atoms with van der Waals surface area (Å²) in [5.74, 6) is 7.63. The summed E-state index contributed by atoms with van der Waals surface area (Å²) < 4.78 is 0. The van der Waals surface area contributed by atoms with Gasteiger partial charge in [-0.05, 0) is 304 Å². The Morgan fingerprint density at radius 3 is 0.465 bits per heavy atom. The quantitative estimate of drug-likeness (QED) is 0.127. The molecule has 13 aliphatic rings. The van der Waals surface area contributed by atoms with Gasteiger partial charge in [-0.3, -0.25) is 19.6 Å². The zero-order chi connectivity index (χ0) is 57.7. The number of hydrogen-bond donors (Lipinski definition) is 0. The lowest BCUT2D eigenvalue weighted by Gasteiger charge is -2.53. The van der Waals surface area contributed by atoms with Crippen molar-refractivity contribution in [2.45, 2.75) is 445 Å². The monoisotopic (exact) mass is 1180 g/mol. The van der Waals surface area contributed by atoms with Crippen LogP contribution >= 0.6 is 0 Å². The van der Waals surface area contributed by atoms with Gasteiger partial charge in [0.2, 0.25) is 0 Å². The maximum absolute atomic E-state index is 3.35. The van der Waals surface area contributed by atoms with Crippen LogP contribution in [0.4, 0.5) is 0 Å². The highest BCUT2D eigenvalue weighted by atomic mass is 15.3. The maximum atomic E-state index is 3.35. The smallest absolute Gasteiger partial charge is 0.0102 e. The highest BCUT2D eigenvalue weighted by Gasteiger charge is 2.45. The zero-order valence-corrected chi connectivity index (χ0v) is 56.7. The number of allylic oxidation sites excluding steroid dienone is 4. The van der Waals surface area contributed by atoms with Crippen molar-refractivity contribution >= 4 is 0 Å². The summed E-state index contributed by atoms with van der Waals surface area (Å²) in [6.07, 6.45) is 98.1. The van der Waals surface area contributed by atoms with E-state index in [2.05, 4.69) is 43.9 Å². The Morgan fingerprint density at radius 2 is 0.267 bits per heavy atom. The van der Waals surface area contributed by atoms with E-state index in [1.165, 1.54) is 321 Å². The Bertz CT molecular complexity index is 1780. The SMILES string of the molecule is C(=CC1CCC(N(C2CCCCC2)C2CCC(C3CCC(N(C4CCCCC4)C4CCC(N(C5CCCCC5)C5CCC(C6CCC(N(C7CCCCC7)C7CCC(C=CC8CCCCC8)CC7)CC6)CC5)CC4)CC3)CC2)CC1)C1CCCCC1. The lowest BCUT2D eigenvalue weighted by atomic mass is 9.69. The normalized spacial score (nSPS) is 39.5. The second-order valence-corrected chi connectivity index (χ2v) is 34.4. The molecule has 0 aromatic carbocycles. The molecule has 86 heavy (non-hydrogen) atoms. The third-order valence-corrected chi connectivity index (χ3v) is 29.4. The molecule has 0 amide bonds. The third kappa shape index (κ3) is 16.8. The lowest BCUT2D eigenvalue weighted by molar-refractivity contribution is -0.0301. The highest BCUT2D eigenvalue weighted by molar-refractivity contribution is 5.03. The maximum Gasteiger partial charge on any atom is 0.0102 e. The third-order valence-electron chi connectivity index (χ3n) is 29.4. The molecule has 4 nitrogen and oxygen atoms in total. The molecule has 488 valence electrons. The van der Waals surface area contributed by atoms with E-state index in [9.17, 15) is 0 Å². The van der Waals surface area contributed by atoms with E-state index < -0.39 is 0 Å². The van der Waals surface area contributed by atoms with E-state index in [1.54, 1.807) is 51.4 Å². The van der Waals surface area contributed by atoms with Gasteiger partial charge in [0.05, 0.1) is 0 Å². The average Bonchev–Trinajstić information content (AvgIpc) is 2.57. The van der Waals surface area contributed by atoms with Gasteiger partial charge in [0, 0.05) is 72.5 Å². The summed E-state index contributed by atoms with van der Waals surface area (Å²) in [6.45, 7) is 0. The van der Waals surface area contributed by atoms with E-state index >= 15 is 0 Å².